The average molecular weight is 399 g/mol. The largest absolute Gasteiger partial charge is 0.498 e. The number of likely N-dealkylation sites (tertiary alicyclic amines) is 1. The predicted octanol–water partition coefficient (Wildman–Crippen LogP) is 3.70. The van der Waals surface area contributed by atoms with Crippen LogP contribution < -0.4 is 4.74 Å². The molecule has 1 fully saturated rings. The molecular weight excluding hydrogens is 368 g/mol. The third kappa shape index (κ3) is 4.40. The number of benzene rings is 1. The van der Waals surface area contributed by atoms with E-state index < -0.39 is 11.2 Å². The van der Waals surface area contributed by atoms with Crippen molar-refractivity contribution in [2.45, 2.75) is 64.2 Å². The number of carbonyl (C=O) groups excluding carboxylic acids is 1. The maximum Gasteiger partial charge on any atom is 0.223 e. The third-order valence-corrected chi connectivity index (χ3v) is 5.69. The van der Waals surface area contributed by atoms with E-state index in [0.29, 0.717) is 43.1 Å². The van der Waals surface area contributed by atoms with E-state index in [-0.39, 0.29) is 17.9 Å². The van der Waals surface area contributed by atoms with Crippen LogP contribution in [-0.2, 0) is 9.53 Å². The molecular formula is C23H30N2O4. The fraction of sp³-hybridized carbons (Fsp3) is 0.565. The Labute approximate surface area is 172 Å². The van der Waals surface area contributed by atoms with E-state index in [9.17, 15) is 15.2 Å². The zero-order chi connectivity index (χ0) is 21.4. The van der Waals surface area contributed by atoms with Gasteiger partial charge < -0.3 is 19.5 Å². The van der Waals surface area contributed by atoms with Crippen LogP contribution in [0.4, 0.5) is 0 Å². The quantitative estimate of drug-likeness (QED) is 0.739. The van der Waals surface area contributed by atoms with Crippen LogP contribution in [0.25, 0.3) is 0 Å². The number of nitriles is 1. The van der Waals surface area contributed by atoms with Gasteiger partial charge in [0.15, 0.2) is 0 Å². The lowest BCUT2D eigenvalue weighted by atomic mass is 9.76. The smallest absolute Gasteiger partial charge is 0.223 e. The van der Waals surface area contributed by atoms with Crippen molar-refractivity contribution in [3.05, 3.63) is 41.7 Å². The zero-order valence-corrected chi connectivity index (χ0v) is 17.7. The predicted molar refractivity (Wildman–Crippen MR) is 109 cm³/mol. The number of ether oxygens (including phenoxy) is 2. The van der Waals surface area contributed by atoms with Gasteiger partial charge in [-0.15, -0.1) is 0 Å². The van der Waals surface area contributed by atoms with Crippen molar-refractivity contribution in [1.82, 2.24) is 4.90 Å². The molecule has 0 radical (unpaired) electrons. The highest BCUT2D eigenvalue weighted by Crippen LogP contribution is 2.50. The normalized spacial score (nSPS) is 23.2. The monoisotopic (exact) mass is 398 g/mol. The summed E-state index contributed by atoms with van der Waals surface area (Å²) in [5.74, 6) is 0.985. The summed E-state index contributed by atoms with van der Waals surface area (Å²) in [5, 5.41) is 19.3. The van der Waals surface area contributed by atoms with Gasteiger partial charge in [-0.1, -0.05) is 6.58 Å². The first-order valence-corrected chi connectivity index (χ1v) is 10.1. The second-order valence-electron chi connectivity index (χ2n) is 9.06. The summed E-state index contributed by atoms with van der Waals surface area (Å²) in [7, 11) is 0. The molecule has 0 bridgehead atoms. The average Bonchev–Trinajstić information content (AvgIpc) is 3.03. The number of rotatable bonds is 6. The minimum atomic E-state index is -0.836. The molecule has 29 heavy (non-hydrogen) atoms. The zero-order valence-electron chi connectivity index (χ0n) is 17.7. The Balaban J connectivity index is 2.00. The minimum absolute atomic E-state index is 0.0929. The number of amides is 1. The molecule has 3 rings (SSSR count). The molecule has 2 heterocycles. The van der Waals surface area contributed by atoms with E-state index in [1.807, 2.05) is 18.7 Å². The summed E-state index contributed by atoms with van der Waals surface area (Å²) >= 11 is 0. The van der Waals surface area contributed by atoms with Crippen molar-refractivity contribution in [2.24, 2.45) is 5.92 Å². The summed E-state index contributed by atoms with van der Waals surface area (Å²) in [4.78, 5) is 14.6. The maximum atomic E-state index is 12.7. The molecule has 2 aliphatic rings. The Kier molecular flexibility index (Phi) is 5.64. The van der Waals surface area contributed by atoms with Crippen molar-refractivity contribution in [3.8, 4) is 11.8 Å². The number of fused-ring (bicyclic) bond motifs is 1. The van der Waals surface area contributed by atoms with Crippen molar-refractivity contribution in [3.63, 3.8) is 0 Å². The molecule has 2 atom stereocenters. The molecule has 0 aliphatic carbocycles. The standard InChI is InChI=1S/C23H30N2O4/c1-15(28-12-10-22(2,3)27)20-21(25-11-6-7-19(25)26)17-13-16(14-24)8-9-18(17)29-23(20,4)5/h8-9,13,20-21,27H,1,6-7,10-12H2,2-5H3. The van der Waals surface area contributed by atoms with Gasteiger partial charge in [-0.25, -0.2) is 0 Å². The van der Waals surface area contributed by atoms with Crippen LogP contribution in [-0.4, -0.2) is 40.3 Å². The molecule has 1 aromatic carbocycles. The van der Waals surface area contributed by atoms with E-state index in [1.54, 1.807) is 32.0 Å². The van der Waals surface area contributed by atoms with E-state index in [1.165, 1.54) is 0 Å². The Hall–Kier alpha value is -2.52. The first-order valence-electron chi connectivity index (χ1n) is 10.1. The van der Waals surface area contributed by atoms with Crippen LogP contribution in [0.1, 0.15) is 64.1 Å². The highest BCUT2D eigenvalue weighted by Gasteiger charge is 2.50. The molecule has 1 N–H and O–H groups in total. The van der Waals surface area contributed by atoms with Crippen molar-refractivity contribution in [1.29, 1.82) is 5.26 Å². The van der Waals surface area contributed by atoms with E-state index in [0.717, 1.165) is 12.0 Å². The number of nitrogens with zero attached hydrogens (tertiary/aromatic N) is 2. The number of hydrogen-bond donors (Lipinski definition) is 1. The molecule has 1 amide bonds. The second kappa shape index (κ2) is 7.72. The highest BCUT2D eigenvalue weighted by atomic mass is 16.5. The topological polar surface area (TPSA) is 82.8 Å². The van der Waals surface area contributed by atoms with Gasteiger partial charge >= 0.3 is 0 Å². The number of hydrogen-bond acceptors (Lipinski definition) is 5. The van der Waals surface area contributed by atoms with Crippen LogP contribution >= 0.6 is 0 Å². The number of carbonyl (C=O) groups is 1. The summed E-state index contributed by atoms with van der Waals surface area (Å²) in [6.45, 7) is 12.6. The van der Waals surface area contributed by atoms with Crippen LogP contribution in [0.3, 0.4) is 0 Å². The first-order chi connectivity index (χ1) is 13.5. The van der Waals surface area contributed by atoms with Crippen molar-refractivity contribution in [2.75, 3.05) is 13.2 Å². The molecule has 0 saturated carbocycles. The molecule has 156 valence electrons. The third-order valence-electron chi connectivity index (χ3n) is 5.69. The maximum absolute atomic E-state index is 12.7. The Morgan fingerprint density at radius 3 is 2.79 bits per heavy atom. The van der Waals surface area contributed by atoms with Gasteiger partial charge in [-0.05, 0) is 52.3 Å². The molecule has 2 aliphatic heterocycles. The Morgan fingerprint density at radius 2 is 2.21 bits per heavy atom. The summed E-state index contributed by atoms with van der Waals surface area (Å²) in [5.41, 5.74) is -0.162. The van der Waals surface area contributed by atoms with E-state index in [4.69, 9.17) is 9.47 Å². The molecule has 1 saturated heterocycles. The van der Waals surface area contributed by atoms with Gasteiger partial charge in [-0.2, -0.15) is 5.26 Å². The van der Waals surface area contributed by atoms with Gasteiger partial charge in [0, 0.05) is 24.9 Å². The summed E-state index contributed by atoms with van der Waals surface area (Å²) < 4.78 is 12.2. The van der Waals surface area contributed by atoms with Crippen LogP contribution in [0.2, 0.25) is 0 Å². The van der Waals surface area contributed by atoms with Gasteiger partial charge in [0.2, 0.25) is 5.91 Å². The molecule has 6 heteroatoms. The van der Waals surface area contributed by atoms with Crippen LogP contribution in [0, 0.1) is 17.2 Å². The summed E-state index contributed by atoms with van der Waals surface area (Å²) in [6, 6.07) is 7.20. The lowest BCUT2D eigenvalue weighted by Gasteiger charge is -2.48. The van der Waals surface area contributed by atoms with Crippen LogP contribution in [0.15, 0.2) is 30.5 Å². The molecule has 0 aromatic heterocycles. The molecule has 1 aromatic rings. The molecule has 2 unspecified atom stereocenters. The van der Waals surface area contributed by atoms with Gasteiger partial charge in [0.25, 0.3) is 0 Å². The van der Waals surface area contributed by atoms with Crippen molar-refractivity contribution >= 4 is 5.91 Å². The lowest BCUT2D eigenvalue weighted by Crippen LogP contribution is -2.51. The van der Waals surface area contributed by atoms with E-state index in [2.05, 4.69) is 12.6 Å². The van der Waals surface area contributed by atoms with Gasteiger partial charge in [-0.3, -0.25) is 4.79 Å². The lowest BCUT2D eigenvalue weighted by molar-refractivity contribution is -0.134. The van der Waals surface area contributed by atoms with Crippen molar-refractivity contribution < 1.29 is 19.4 Å². The van der Waals surface area contributed by atoms with E-state index >= 15 is 0 Å². The first kappa shape index (κ1) is 21.2. The minimum Gasteiger partial charge on any atom is -0.498 e. The molecule has 6 nitrogen and oxygen atoms in total. The Morgan fingerprint density at radius 1 is 1.48 bits per heavy atom. The van der Waals surface area contributed by atoms with Gasteiger partial charge in [0.1, 0.15) is 11.4 Å². The fourth-order valence-electron chi connectivity index (χ4n) is 4.25. The summed E-state index contributed by atoms with van der Waals surface area (Å²) in [6.07, 6.45) is 1.79. The SMILES string of the molecule is C=C(OCCC(C)(C)O)C1C(N2CCCC2=O)c2cc(C#N)ccc2OC1(C)C. The van der Waals surface area contributed by atoms with Crippen LogP contribution in [0.5, 0.6) is 5.75 Å². The highest BCUT2D eigenvalue weighted by molar-refractivity contribution is 5.79. The Bertz CT molecular complexity index is 847. The molecule has 0 spiro atoms. The second-order valence-corrected chi connectivity index (χ2v) is 9.06. The van der Waals surface area contributed by atoms with Gasteiger partial charge in [0.05, 0.1) is 41.6 Å². The fourth-order valence-corrected chi connectivity index (χ4v) is 4.25. The number of aliphatic hydroxyl groups is 1.